The molecule has 7 heteroatoms. The van der Waals surface area contributed by atoms with Gasteiger partial charge in [0.05, 0.1) is 18.4 Å². The lowest BCUT2D eigenvalue weighted by molar-refractivity contribution is 0.0953. The number of imidazole rings is 2. The van der Waals surface area contributed by atoms with E-state index in [9.17, 15) is 4.79 Å². The van der Waals surface area contributed by atoms with Crippen molar-refractivity contribution >= 4 is 11.6 Å². The molecule has 0 aliphatic rings. The number of hydrogen-bond donors (Lipinski definition) is 2. The largest absolute Gasteiger partial charge is 0.493 e. The zero-order chi connectivity index (χ0) is 16.4. The summed E-state index contributed by atoms with van der Waals surface area (Å²) in [5.74, 6) is 1.31. The summed E-state index contributed by atoms with van der Waals surface area (Å²) in [6, 6.07) is 1.71. The first kappa shape index (κ1) is 15.1. The van der Waals surface area contributed by atoms with Gasteiger partial charge in [-0.05, 0) is 19.9 Å². The van der Waals surface area contributed by atoms with Crippen molar-refractivity contribution in [2.75, 3.05) is 13.7 Å². The summed E-state index contributed by atoms with van der Waals surface area (Å²) >= 11 is 0. The third-order valence-electron chi connectivity index (χ3n) is 3.56. The minimum Gasteiger partial charge on any atom is -0.493 e. The molecular formula is C16H19N5O2. The van der Waals surface area contributed by atoms with Crippen LogP contribution in [-0.2, 0) is 6.42 Å². The Balaban J connectivity index is 1.72. The molecule has 120 valence electrons. The van der Waals surface area contributed by atoms with Crippen LogP contribution in [0.25, 0.3) is 5.65 Å². The molecule has 0 radical (unpaired) electrons. The number of aromatic nitrogens is 4. The van der Waals surface area contributed by atoms with Gasteiger partial charge in [-0.25, -0.2) is 9.97 Å². The molecule has 0 aliphatic heterocycles. The number of fused-ring (bicyclic) bond motifs is 1. The monoisotopic (exact) mass is 313 g/mol. The number of amides is 1. The summed E-state index contributed by atoms with van der Waals surface area (Å²) in [5, 5.41) is 2.90. The highest BCUT2D eigenvalue weighted by molar-refractivity contribution is 5.94. The molecule has 0 spiro atoms. The molecule has 0 saturated heterocycles. The Hall–Kier alpha value is -2.83. The van der Waals surface area contributed by atoms with Crippen LogP contribution < -0.4 is 10.1 Å². The summed E-state index contributed by atoms with van der Waals surface area (Å²) < 4.78 is 7.14. The van der Waals surface area contributed by atoms with Gasteiger partial charge in [0, 0.05) is 37.3 Å². The fourth-order valence-corrected chi connectivity index (χ4v) is 2.48. The molecule has 0 aliphatic carbocycles. The zero-order valence-electron chi connectivity index (χ0n) is 13.4. The van der Waals surface area contributed by atoms with Gasteiger partial charge in [-0.2, -0.15) is 0 Å². The van der Waals surface area contributed by atoms with Crippen LogP contribution in [0.2, 0.25) is 0 Å². The molecule has 2 N–H and O–H groups in total. The van der Waals surface area contributed by atoms with Gasteiger partial charge >= 0.3 is 0 Å². The van der Waals surface area contributed by atoms with E-state index in [1.807, 2.05) is 20.0 Å². The number of carbonyl (C=O) groups is 1. The smallest absolute Gasteiger partial charge is 0.252 e. The maximum atomic E-state index is 12.3. The van der Waals surface area contributed by atoms with Crippen LogP contribution in [0.3, 0.4) is 0 Å². The number of ether oxygens (including phenoxy) is 1. The van der Waals surface area contributed by atoms with Gasteiger partial charge < -0.3 is 19.4 Å². The molecule has 3 rings (SSSR count). The van der Waals surface area contributed by atoms with E-state index in [-0.39, 0.29) is 5.91 Å². The maximum Gasteiger partial charge on any atom is 0.252 e. The fraction of sp³-hybridized carbons (Fsp3) is 0.312. The van der Waals surface area contributed by atoms with Crippen LogP contribution in [0.15, 0.2) is 24.7 Å². The van der Waals surface area contributed by atoms with Crippen molar-refractivity contribution in [1.29, 1.82) is 0 Å². The minimum atomic E-state index is -0.146. The van der Waals surface area contributed by atoms with E-state index in [2.05, 4.69) is 20.3 Å². The lowest BCUT2D eigenvalue weighted by Crippen LogP contribution is -2.26. The molecule has 0 bridgehead atoms. The topological polar surface area (TPSA) is 84.3 Å². The summed E-state index contributed by atoms with van der Waals surface area (Å²) in [6.07, 6.45) is 6.11. The number of aromatic amines is 1. The van der Waals surface area contributed by atoms with Crippen LogP contribution in [0, 0.1) is 13.8 Å². The van der Waals surface area contributed by atoms with Gasteiger partial charge in [0.15, 0.2) is 11.4 Å². The fourth-order valence-electron chi connectivity index (χ4n) is 2.48. The lowest BCUT2D eigenvalue weighted by atomic mass is 10.2. The molecule has 7 nitrogen and oxygen atoms in total. The first-order valence-corrected chi connectivity index (χ1v) is 7.39. The second-order valence-corrected chi connectivity index (χ2v) is 5.41. The first-order valence-electron chi connectivity index (χ1n) is 7.39. The first-order chi connectivity index (χ1) is 11.1. The van der Waals surface area contributed by atoms with E-state index in [0.717, 1.165) is 17.2 Å². The molecule has 3 aromatic rings. The number of carbonyl (C=O) groups excluding carboxylic acids is 1. The Morgan fingerprint density at radius 1 is 1.39 bits per heavy atom. The van der Waals surface area contributed by atoms with Crippen molar-refractivity contribution in [1.82, 2.24) is 24.7 Å². The van der Waals surface area contributed by atoms with Gasteiger partial charge in [0.1, 0.15) is 5.82 Å². The van der Waals surface area contributed by atoms with Crippen molar-refractivity contribution in [3.8, 4) is 5.75 Å². The van der Waals surface area contributed by atoms with E-state index < -0.39 is 0 Å². The molecule has 3 aromatic heterocycles. The summed E-state index contributed by atoms with van der Waals surface area (Å²) in [7, 11) is 1.57. The number of nitrogens with one attached hydrogen (secondary N) is 2. The van der Waals surface area contributed by atoms with Crippen LogP contribution in [0.5, 0.6) is 5.75 Å². The van der Waals surface area contributed by atoms with Crippen molar-refractivity contribution in [2.45, 2.75) is 20.3 Å². The lowest BCUT2D eigenvalue weighted by Gasteiger charge is -2.08. The number of H-pyrrole nitrogens is 1. The van der Waals surface area contributed by atoms with Crippen LogP contribution in [-0.4, -0.2) is 38.9 Å². The van der Waals surface area contributed by atoms with Crippen molar-refractivity contribution < 1.29 is 9.53 Å². The van der Waals surface area contributed by atoms with Crippen LogP contribution >= 0.6 is 0 Å². The van der Waals surface area contributed by atoms with E-state index in [1.54, 1.807) is 30.0 Å². The van der Waals surface area contributed by atoms with E-state index >= 15 is 0 Å². The quantitative estimate of drug-likeness (QED) is 0.750. The number of pyridine rings is 1. The summed E-state index contributed by atoms with van der Waals surface area (Å²) in [6.45, 7) is 4.33. The number of hydrogen-bond acceptors (Lipinski definition) is 4. The van der Waals surface area contributed by atoms with Crippen molar-refractivity contribution in [3.05, 3.63) is 47.4 Å². The van der Waals surface area contributed by atoms with Crippen molar-refractivity contribution in [2.24, 2.45) is 0 Å². The number of methoxy groups -OCH3 is 1. The Bertz CT molecular complexity index is 849. The molecule has 0 unspecified atom stereocenters. The van der Waals surface area contributed by atoms with Crippen LogP contribution in [0.1, 0.15) is 27.6 Å². The Morgan fingerprint density at radius 3 is 2.91 bits per heavy atom. The average Bonchev–Trinajstić information content (AvgIpc) is 3.10. The Kier molecular flexibility index (Phi) is 4.01. The van der Waals surface area contributed by atoms with Gasteiger partial charge in [0.2, 0.25) is 0 Å². The zero-order valence-corrected chi connectivity index (χ0v) is 13.4. The van der Waals surface area contributed by atoms with Crippen LogP contribution in [0.4, 0.5) is 0 Å². The SMILES string of the molecule is COc1cc(C(=O)NCCc2cnc(C)[nH]2)cn2cc(C)nc12. The second kappa shape index (κ2) is 6.12. The normalized spacial score (nSPS) is 10.9. The Labute approximate surface area is 133 Å². The highest BCUT2D eigenvalue weighted by atomic mass is 16.5. The molecular weight excluding hydrogens is 294 g/mol. The summed E-state index contributed by atoms with van der Waals surface area (Å²) in [4.78, 5) is 24.0. The van der Waals surface area contributed by atoms with Gasteiger partial charge in [0.25, 0.3) is 5.91 Å². The highest BCUT2D eigenvalue weighted by Gasteiger charge is 2.12. The molecule has 23 heavy (non-hydrogen) atoms. The van der Waals surface area contributed by atoms with E-state index in [0.29, 0.717) is 29.9 Å². The standard InChI is InChI=1S/C16H19N5O2/c1-10-8-21-9-12(6-14(23-3)15(21)19-10)16(22)17-5-4-13-7-18-11(2)20-13/h6-9H,4-5H2,1-3H3,(H,17,22)(H,18,20). The third kappa shape index (κ3) is 3.18. The third-order valence-corrected chi connectivity index (χ3v) is 3.56. The predicted octanol–water partition coefficient (Wildman–Crippen LogP) is 1.66. The molecule has 0 aromatic carbocycles. The molecule has 3 heterocycles. The molecule has 0 atom stereocenters. The Morgan fingerprint density at radius 2 is 2.22 bits per heavy atom. The minimum absolute atomic E-state index is 0.146. The number of aryl methyl sites for hydroxylation is 2. The highest BCUT2D eigenvalue weighted by Crippen LogP contribution is 2.21. The molecule has 1 amide bonds. The predicted molar refractivity (Wildman–Crippen MR) is 85.8 cm³/mol. The summed E-state index contributed by atoms with van der Waals surface area (Å²) in [5.41, 5.74) is 3.11. The molecule has 0 fully saturated rings. The van der Waals surface area contributed by atoms with Gasteiger partial charge in [-0.3, -0.25) is 4.79 Å². The van der Waals surface area contributed by atoms with Crippen molar-refractivity contribution in [3.63, 3.8) is 0 Å². The van der Waals surface area contributed by atoms with Gasteiger partial charge in [-0.1, -0.05) is 0 Å². The maximum absolute atomic E-state index is 12.3. The second-order valence-electron chi connectivity index (χ2n) is 5.41. The number of nitrogens with zero attached hydrogens (tertiary/aromatic N) is 3. The average molecular weight is 313 g/mol. The number of rotatable bonds is 5. The van der Waals surface area contributed by atoms with E-state index in [4.69, 9.17) is 4.74 Å². The van der Waals surface area contributed by atoms with E-state index in [1.165, 1.54) is 0 Å². The molecule has 0 saturated carbocycles. The van der Waals surface area contributed by atoms with Gasteiger partial charge in [-0.15, -0.1) is 0 Å².